The Morgan fingerprint density at radius 1 is 1.09 bits per heavy atom. The average molecular weight is 290 g/mol. The van der Waals surface area contributed by atoms with Gasteiger partial charge in [-0.05, 0) is 31.1 Å². The van der Waals surface area contributed by atoms with Gasteiger partial charge >= 0.3 is 0 Å². The minimum absolute atomic E-state index is 0.0439. The van der Waals surface area contributed by atoms with Crippen molar-refractivity contribution in [3.63, 3.8) is 0 Å². The molecule has 2 heteroatoms. The maximum absolute atomic E-state index is 12.7. The summed E-state index contributed by atoms with van der Waals surface area (Å²) in [6.07, 6.45) is 2.30. The number of ketones is 2. The number of allylic oxidation sites excluding steroid dienone is 1. The van der Waals surface area contributed by atoms with Gasteiger partial charge in [0.1, 0.15) is 5.78 Å². The number of hydrogen-bond donors (Lipinski definition) is 0. The van der Waals surface area contributed by atoms with Crippen molar-refractivity contribution in [2.45, 2.75) is 26.2 Å². The first kappa shape index (κ1) is 14.5. The molecule has 0 radical (unpaired) electrons. The number of benzene rings is 2. The number of carbonyl (C=O) groups excluding carboxylic acids is 2. The molecule has 0 N–H and O–H groups in total. The highest BCUT2D eigenvalue weighted by molar-refractivity contribution is 6.17. The third kappa shape index (κ3) is 2.64. The maximum atomic E-state index is 12.7. The second-order valence-electron chi connectivity index (χ2n) is 5.89. The molecule has 2 aromatic rings. The van der Waals surface area contributed by atoms with Gasteiger partial charge in [-0.15, -0.1) is 0 Å². The van der Waals surface area contributed by atoms with Crippen molar-refractivity contribution in [2.75, 3.05) is 0 Å². The lowest BCUT2D eigenvalue weighted by atomic mass is 9.91. The lowest BCUT2D eigenvalue weighted by Gasteiger charge is -2.11. The first-order valence-corrected chi connectivity index (χ1v) is 7.47. The molecule has 2 nitrogen and oxygen atoms in total. The smallest absolute Gasteiger partial charge is 0.189 e. The van der Waals surface area contributed by atoms with Crippen LogP contribution in [0.3, 0.4) is 0 Å². The monoisotopic (exact) mass is 290 g/mol. The van der Waals surface area contributed by atoms with Gasteiger partial charge in [-0.2, -0.15) is 0 Å². The van der Waals surface area contributed by atoms with E-state index in [1.807, 2.05) is 61.5 Å². The van der Waals surface area contributed by atoms with Crippen molar-refractivity contribution in [2.24, 2.45) is 0 Å². The molecular formula is C20H18O2. The van der Waals surface area contributed by atoms with Crippen LogP contribution < -0.4 is 0 Å². The van der Waals surface area contributed by atoms with Crippen LogP contribution in [0, 0.1) is 6.92 Å². The summed E-state index contributed by atoms with van der Waals surface area (Å²) in [6, 6.07) is 15.7. The zero-order valence-corrected chi connectivity index (χ0v) is 12.8. The van der Waals surface area contributed by atoms with Crippen molar-refractivity contribution in [3.8, 4) is 0 Å². The Bertz CT molecular complexity index is 767. The Hall–Kier alpha value is -2.48. The molecule has 0 saturated heterocycles. The topological polar surface area (TPSA) is 34.1 Å². The fourth-order valence-corrected chi connectivity index (χ4v) is 3.00. The lowest BCUT2D eigenvalue weighted by Crippen LogP contribution is -2.05. The van der Waals surface area contributed by atoms with Gasteiger partial charge in [0, 0.05) is 23.5 Å². The summed E-state index contributed by atoms with van der Waals surface area (Å²) in [5.74, 6) is 0.0224. The number of Topliss-reactive ketones (excluding diaryl/α,β-unsaturated/α-hetero) is 2. The molecule has 1 aliphatic rings. The normalized spacial score (nSPS) is 18.5. The molecule has 3 rings (SSSR count). The van der Waals surface area contributed by atoms with E-state index in [-0.39, 0.29) is 17.5 Å². The highest BCUT2D eigenvalue weighted by Gasteiger charge is 2.34. The molecule has 0 heterocycles. The van der Waals surface area contributed by atoms with E-state index in [4.69, 9.17) is 0 Å². The Morgan fingerprint density at radius 3 is 2.45 bits per heavy atom. The molecule has 2 aromatic carbocycles. The van der Waals surface area contributed by atoms with Crippen LogP contribution in [-0.4, -0.2) is 11.6 Å². The average Bonchev–Trinajstić information content (AvgIpc) is 2.75. The van der Waals surface area contributed by atoms with Gasteiger partial charge in [-0.3, -0.25) is 9.59 Å². The summed E-state index contributed by atoms with van der Waals surface area (Å²) in [7, 11) is 0. The Labute approximate surface area is 130 Å². The van der Waals surface area contributed by atoms with Crippen molar-refractivity contribution in [3.05, 3.63) is 76.4 Å². The minimum Gasteiger partial charge on any atom is -0.300 e. The van der Waals surface area contributed by atoms with Gasteiger partial charge in [-0.25, -0.2) is 0 Å². The molecule has 0 aliphatic heterocycles. The van der Waals surface area contributed by atoms with Gasteiger partial charge in [-0.1, -0.05) is 54.1 Å². The fraction of sp³-hybridized carbons (Fsp3) is 0.200. The number of hydrogen-bond acceptors (Lipinski definition) is 2. The van der Waals surface area contributed by atoms with Crippen LogP contribution >= 0.6 is 0 Å². The number of carbonyl (C=O) groups is 2. The predicted molar refractivity (Wildman–Crippen MR) is 88.0 cm³/mol. The standard InChI is InChI=1S/C20H18O2/c1-13-7-9-15(10-8-13)12-19-18(11-14(2)21)16-5-3-4-6-17(16)20(19)22/h3-10,12,18H,11H2,1-2H3/b19-12+/t18-/m1/s1. The second kappa shape index (κ2) is 5.72. The first-order valence-electron chi connectivity index (χ1n) is 7.47. The zero-order valence-electron chi connectivity index (χ0n) is 12.8. The van der Waals surface area contributed by atoms with Gasteiger partial charge in [0.2, 0.25) is 0 Å². The molecule has 1 atom stereocenters. The molecular weight excluding hydrogens is 272 g/mol. The Balaban J connectivity index is 2.07. The summed E-state index contributed by atoms with van der Waals surface area (Å²) in [4.78, 5) is 24.3. The minimum atomic E-state index is -0.123. The summed E-state index contributed by atoms with van der Waals surface area (Å²) in [5, 5.41) is 0. The Kier molecular flexibility index (Phi) is 3.76. The van der Waals surface area contributed by atoms with Gasteiger partial charge in [0.05, 0.1) is 0 Å². The summed E-state index contributed by atoms with van der Waals surface area (Å²) >= 11 is 0. The first-order chi connectivity index (χ1) is 10.6. The molecule has 22 heavy (non-hydrogen) atoms. The van der Waals surface area contributed by atoms with Crippen LogP contribution in [0.15, 0.2) is 54.1 Å². The highest BCUT2D eigenvalue weighted by Crippen LogP contribution is 2.40. The van der Waals surface area contributed by atoms with Gasteiger partial charge < -0.3 is 0 Å². The molecule has 110 valence electrons. The number of aryl methyl sites for hydroxylation is 1. The predicted octanol–water partition coefficient (Wildman–Crippen LogP) is 4.34. The van der Waals surface area contributed by atoms with Crippen molar-refractivity contribution >= 4 is 17.6 Å². The lowest BCUT2D eigenvalue weighted by molar-refractivity contribution is -0.117. The van der Waals surface area contributed by atoms with Gasteiger partial charge in [0.15, 0.2) is 5.78 Å². The van der Waals surface area contributed by atoms with Gasteiger partial charge in [0.25, 0.3) is 0 Å². The number of rotatable bonds is 3. The van der Waals surface area contributed by atoms with Crippen LogP contribution in [-0.2, 0) is 4.79 Å². The third-order valence-corrected chi connectivity index (χ3v) is 4.11. The fourth-order valence-electron chi connectivity index (χ4n) is 3.00. The SMILES string of the molecule is CC(=O)C[C@H]1/C(=C\c2ccc(C)cc2)C(=O)c2ccccc21. The third-order valence-electron chi connectivity index (χ3n) is 4.11. The molecule has 0 bridgehead atoms. The molecule has 0 unspecified atom stereocenters. The maximum Gasteiger partial charge on any atom is 0.189 e. The van der Waals surface area contributed by atoms with E-state index in [1.54, 1.807) is 6.92 Å². The van der Waals surface area contributed by atoms with Crippen molar-refractivity contribution in [1.29, 1.82) is 0 Å². The van der Waals surface area contributed by atoms with E-state index in [2.05, 4.69) is 0 Å². The van der Waals surface area contributed by atoms with Crippen LogP contribution in [0.1, 0.15) is 46.3 Å². The van der Waals surface area contributed by atoms with E-state index in [1.165, 1.54) is 5.56 Å². The van der Waals surface area contributed by atoms with E-state index >= 15 is 0 Å². The molecule has 0 spiro atoms. The van der Waals surface area contributed by atoms with Crippen molar-refractivity contribution < 1.29 is 9.59 Å². The molecule has 0 aromatic heterocycles. The van der Waals surface area contributed by atoms with Crippen molar-refractivity contribution in [1.82, 2.24) is 0 Å². The summed E-state index contributed by atoms with van der Waals surface area (Å²) in [5.41, 5.74) is 4.60. The van der Waals surface area contributed by atoms with E-state index in [9.17, 15) is 9.59 Å². The van der Waals surface area contributed by atoms with Crippen LogP contribution in [0.4, 0.5) is 0 Å². The van der Waals surface area contributed by atoms with E-state index in [0.29, 0.717) is 6.42 Å². The van der Waals surface area contributed by atoms with E-state index in [0.717, 1.165) is 22.3 Å². The van der Waals surface area contributed by atoms with Crippen LogP contribution in [0.2, 0.25) is 0 Å². The summed E-state index contributed by atoms with van der Waals surface area (Å²) in [6.45, 7) is 3.61. The quantitative estimate of drug-likeness (QED) is 0.788. The van der Waals surface area contributed by atoms with Crippen LogP contribution in [0.25, 0.3) is 6.08 Å². The highest BCUT2D eigenvalue weighted by atomic mass is 16.1. The molecule has 0 saturated carbocycles. The zero-order chi connectivity index (χ0) is 15.7. The largest absolute Gasteiger partial charge is 0.300 e. The molecule has 0 amide bonds. The summed E-state index contributed by atoms with van der Waals surface area (Å²) < 4.78 is 0. The molecule has 0 fully saturated rings. The molecule has 1 aliphatic carbocycles. The van der Waals surface area contributed by atoms with Crippen LogP contribution in [0.5, 0.6) is 0 Å². The second-order valence-corrected chi connectivity index (χ2v) is 5.89. The number of fused-ring (bicyclic) bond motifs is 1. The van der Waals surface area contributed by atoms with E-state index < -0.39 is 0 Å². The Morgan fingerprint density at radius 2 is 1.77 bits per heavy atom.